The fraction of sp³-hybridized carbons (Fsp3) is 0.462. The van der Waals surface area contributed by atoms with Gasteiger partial charge in [0.15, 0.2) is 0 Å². The van der Waals surface area contributed by atoms with Gasteiger partial charge in [0.25, 0.3) is 0 Å². The van der Waals surface area contributed by atoms with Gasteiger partial charge in [0.2, 0.25) is 0 Å². The molecule has 0 spiro atoms. The van der Waals surface area contributed by atoms with E-state index in [0.29, 0.717) is 36.2 Å². The zero-order chi connectivity index (χ0) is 25.2. The van der Waals surface area contributed by atoms with Gasteiger partial charge < -0.3 is 20.5 Å². The molecule has 0 aliphatic carbocycles. The number of hydrogen-bond donors (Lipinski definition) is 2. The van der Waals surface area contributed by atoms with E-state index in [1.165, 1.54) is 0 Å². The van der Waals surface area contributed by atoms with E-state index in [-0.39, 0.29) is 11.9 Å². The van der Waals surface area contributed by atoms with E-state index in [2.05, 4.69) is 48.9 Å². The molecule has 0 saturated heterocycles. The second-order valence-corrected chi connectivity index (χ2v) is 8.85. The normalized spacial score (nSPS) is 9.88. The van der Waals surface area contributed by atoms with Crippen molar-refractivity contribution in [2.24, 2.45) is 17.6 Å². The van der Waals surface area contributed by atoms with Crippen molar-refractivity contribution in [2.75, 3.05) is 31.6 Å². The van der Waals surface area contributed by atoms with Gasteiger partial charge in [-0.2, -0.15) is 0 Å². The zero-order valence-corrected chi connectivity index (χ0v) is 22.3. The number of anilines is 1. The van der Waals surface area contributed by atoms with Gasteiger partial charge in [0, 0.05) is 16.7 Å². The first-order chi connectivity index (χ1) is 15.6. The summed E-state index contributed by atoms with van der Waals surface area (Å²) in [5.74, 6) is 0.725. The molecule has 0 aliphatic rings. The summed E-state index contributed by atoms with van der Waals surface area (Å²) in [5.41, 5.74) is 7.38. The third-order valence-electron chi connectivity index (χ3n) is 3.94. The molecule has 184 valence electrons. The van der Waals surface area contributed by atoms with E-state index < -0.39 is 0 Å². The number of carbonyl (C=O) groups excluding carboxylic acids is 2. The Labute approximate surface area is 207 Å². The van der Waals surface area contributed by atoms with Gasteiger partial charge in [-0.15, -0.1) is 0 Å². The molecule has 2 aromatic carbocycles. The lowest BCUT2D eigenvalue weighted by Gasteiger charge is -2.09. The van der Waals surface area contributed by atoms with Gasteiger partial charge in [-0.05, 0) is 80.8 Å². The Balaban J connectivity index is 0.000000530. The molecule has 33 heavy (non-hydrogen) atoms. The minimum absolute atomic E-state index is 0.266. The zero-order valence-electron chi connectivity index (χ0n) is 20.7. The number of halogens is 1. The fourth-order valence-electron chi connectivity index (χ4n) is 2.06. The molecule has 0 heterocycles. The summed E-state index contributed by atoms with van der Waals surface area (Å²) in [6.45, 7) is 14.6. The predicted octanol–water partition coefficient (Wildman–Crippen LogP) is 6.16. The molecular weight excluding hydrogens is 484 g/mol. The lowest BCUT2D eigenvalue weighted by atomic mass is 10.2. The van der Waals surface area contributed by atoms with E-state index in [4.69, 9.17) is 15.2 Å². The van der Waals surface area contributed by atoms with Crippen molar-refractivity contribution in [2.45, 2.75) is 41.5 Å². The maximum absolute atomic E-state index is 11.4. The Morgan fingerprint density at radius 1 is 0.818 bits per heavy atom. The molecule has 0 aromatic heterocycles. The summed E-state index contributed by atoms with van der Waals surface area (Å²) < 4.78 is 10.7. The highest BCUT2D eigenvalue weighted by molar-refractivity contribution is 9.10. The molecule has 0 bridgehead atoms. The summed E-state index contributed by atoms with van der Waals surface area (Å²) in [4.78, 5) is 22.5. The Kier molecular flexibility index (Phi) is 16.8. The van der Waals surface area contributed by atoms with Gasteiger partial charge in [0.05, 0.1) is 24.3 Å². The molecule has 2 aromatic rings. The monoisotopic (exact) mass is 522 g/mol. The van der Waals surface area contributed by atoms with Gasteiger partial charge >= 0.3 is 11.9 Å². The lowest BCUT2D eigenvalue weighted by Crippen LogP contribution is -2.08. The van der Waals surface area contributed by atoms with Gasteiger partial charge in [-0.3, -0.25) is 0 Å². The second-order valence-electron chi connectivity index (χ2n) is 7.93. The summed E-state index contributed by atoms with van der Waals surface area (Å²) in [7, 11) is 0. The van der Waals surface area contributed by atoms with Gasteiger partial charge in [-0.25, -0.2) is 9.59 Å². The second kappa shape index (κ2) is 18.1. The smallest absolute Gasteiger partial charge is 0.338 e. The number of hydrogen-bond acceptors (Lipinski definition) is 6. The molecule has 7 heteroatoms. The molecule has 0 aliphatic heterocycles. The van der Waals surface area contributed by atoms with Crippen LogP contribution in [0, 0.1) is 11.8 Å². The van der Waals surface area contributed by atoms with Crippen molar-refractivity contribution in [3.63, 3.8) is 0 Å². The molecule has 0 amide bonds. The van der Waals surface area contributed by atoms with Crippen molar-refractivity contribution >= 4 is 33.6 Å². The standard InChI is InChI=1S/C13H19NO2.C9H9BrO2.C4H11N/c1-4-16-13(15)11-5-7-12(8-6-11)14-9-10(2)3;1-2-12-9(11)7-3-5-8(10)6-4-7;1-4(2)3-5/h5-8,10,14H,4,9H2,1-3H3;3-6H,2H2,1H3;4H,3,5H2,1-2H3. The average molecular weight is 524 g/mol. The summed E-state index contributed by atoms with van der Waals surface area (Å²) >= 11 is 3.28. The fourth-order valence-corrected chi connectivity index (χ4v) is 2.33. The van der Waals surface area contributed by atoms with Crippen LogP contribution in [0.25, 0.3) is 0 Å². The van der Waals surface area contributed by atoms with Gasteiger partial charge in [-0.1, -0.05) is 43.6 Å². The van der Waals surface area contributed by atoms with Crippen LogP contribution in [0.3, 0.4) is 0 Å². The number of nitrogens with two attached hydrogens (primary N) is 1. The average Bonchev–Trinajstić information content (AvgIpc) is 2.79. The Morgan fingerprint density at radius 3 is 1.55 bits per heavy atom. The number of esters is 2. The van der Waals surface area contributed by atoms with Gasteiger partial charge in [0.1, 0.15) is 0 Å². The number of rotatable bonds is 8. The van der Waals surface area contributed by atoms with Crippen LogP contribution in [0.2, 0.25) is 0 Å². The maximum Gasteiger partial charge on any atom is 0.338 e. The number of nitrogens with one attached hydrogen (secondary N) is 1. The molecule has 6 nitrogen and oxygen atoms in total. The lowest BCUT2D eigenvalue weighted by molar-refractivity contribution is 0.0516. The SMILES string of the molecule is CC(C)CN.CCOC(=O)c1ccc(Br)cc1.CCOC(=O)c1ccc(NCC(C)C)cc1. The first-order valence-corrected chi connectivity index (χ1v) is 12.1. The highest BCUT2D eigenvalue weighted by atomic mass is 79.9. The molecule has 0 fully saturated rings. The van der Waals surface area contributed by atoms with Crippen molar-refractivity contribution in [1.29, 1.82) is 0 Å². The minimum Gasteiger partial charge on any atom is -0.462 e. The quantitative estimate of drug-likeness (QED) is 0.403. The molecule has 0 unspecified atom stereocenters. The van der Waals surface area contributed by atoms with Crippen LogP contribution in [0.15, 0.2) is 53.0 Å². The van der Waals surface area contributed by atoms with Crippen molar-refractivity contribution < 1.29 is 19.1 Å². The third-order valence-corrected chi connectivity index (χ3v) is 4.47. The predicted molar refractivity (Wildman–Crippen MR) is 140 cm³/mol. The molecular formula is C26H39BrN2O4. The van der Waals surface area contributed by atoms with E-state index in [9.17, 15) is 9.59 Å². The van der Waals surface area contributed by atoms with Crippen LogP contribution >= 0.6 is 15.9 Å². The van der Waals surface area contributed by atoms with Crippen molar-refractivity contribution in [1.82, 2.24) is 0 Å². The molecule has 0 saturated carbocycles. The van der Waals surface area contributed by atoms with E-state index >= 15 is 0 Å². The summed E-state index contributed by atoms with van der Waals surface area (Å²) in [6.07, 6.45) is 0. The van der Waals surface area contributed by atoms with Crippen LogP contribution < -0.4 is 11.1 Å². The van der Waals surface area contributed by atoms with Crippen LogP contribution in [0.5, 0.6) is 0 Å². The van der Waals surface area contributed by atoms with Crippen molar-refractivity contribution in [3.05, 3.63) is 64.1 Å². The Morgan fingerprint density at radius 2 is 1.21 bits per heavy atom. The molecule has 2 rings (SSSR count). The first kappa shape index (κ1) is 30.6. The summed E-state index contributed by atoms with van der Waals surface area (Å²) in [6, 6.07) is 14.4. The van der Waals surface area contributed by atoms with Crippen LogP contribution in [-0.2, 0) is 9.47 Å². The number of carbonyl (C=O) groups is 2. The minimum atomic E-state index is -0.273. The van der Waals surface area contributed by atoms with Crippen LogP contribution in [-0.4, -0.2) is 38.2 Å². The summed E-state index contributed by atoms with van der Waals surface area (Å²) in [5, 5.41) is 3.29. The van der Waals surface area contributed by atoms with E-state index in [0.717, 1.165) is 23.2 Å². The first-order valence-electron chi connectivity index (χ1n) is 11.3. The highest BCUT2D eigenvalue weighted by Gasteiger charge is 2.05. The molecule has 0 radical (unpaired) electrons. The van der Waals surface area contributed by atoms with Crippen LogP contribution in [0.4, 0.5) is 5.69 Å². The largest absolute Gasteiger partial charge is 0.462 e. The van der Waals surface area contributed by atoms with E-state index in [1.54, 1.807) is 38.1 Å². The Hall–Kier alpha value is -2.38. The van der Waals surface area contributed by atoms with Crippen molar-refractivity contribution in [3.8, 4) is 0 Å². The van der Waals surface area contributed by atoms with E-state index in [1.807, 2.05) is 24.3 Å². The highest BCUT2D eigenvalue weighted by Crippen LogP contribution is 2.12. The molecule has 3 N–H and O–H groups in total. The molecule has 0 atom stereocenters. The Bertz CT molecular complexity index is 791. The van der Waals surface area contributed by atoms with Crippen LogP contribution in [0.1, 0.15) is 62.3 Å². The third kappa shape index (κ3) is 15.1. The number of ether oxygens (including phenoxy) is 2. The number of benzene rings is 2. The topological polar surface area (TPSA) is 90.7 Å². The maximum atomic E-state index is 11.4.